The van der Waals surface area contributed by atoms with Crippen molar-refractivity contribution in [3.8, 4) is 0 Å². The van der Waals surface area contributed by atoms with Crippen molar-refractivity contribution < 1.29 is 0 Å². The van der Waals surface area contributed by atoms with Gasteiger partial charge in [0, 0.05) is 14.6 Å². The molecule has 2 heterocycles. The maximum absolute atomic E-state index is 6.21. The van der Waals surface area contributed by atoms with Gasteiger partial charge in [0.2, 0.25) is 0 Å². The van der Waals surface area contributed by atoms with E-state index in [2.05, 4.69) is 11.5 Å². The first-order valence-corrected chi connectivity index (χ1v) is 8.17. The minimum absolute atomic E-state index is 0.0353. The molecule has 0 fully saturated rings. The van der Waals surface area contributed by atoms with Crippen LogP contribution in [0.5, 0.6) is 0 Å². The molecule has 0 radical (unpaired) electrons. The Kier molecular flexibility index (Phi) is 3.73. The van der Waals surface area contributed by atoms with Gasteiger partial charge in [-0.3, -0.25) is 5.84 Å². The molecule has 3 N–H and O–H groups in total. The number of aryl methyl sites for hydroxylation is 2. The summed E-state index contributed by atoms with van der Waals surface area (Å²) in [4.78, 5) is 3.93. The lowest BCUT2D eigenvalue weighted by Gasteiger charge is -2.12. The molecule has 0 saturated heterocycles. The number of halogens is 1. The van der Waals surface area contributed by atoms with Crippen LogP contribution >= 0.6 is 34.3 Å². The molecule has 0 aromatic carbocycles. The Hall–Kier alpha value is -0.390. The molecule has 0 aliphatic heterocycles. The van der Waals surface area contributed by atoms with E-state index in [1.807, 2.05) is 22.8 Å². The molecule has 1 aliphatic carbocycles. The van der Waals surface area contributed by atoms with Crippen molar-refractivity contribution in [1.82, 2.24) is 5.43 Å². The fraction of sp³-hybridized carbons (Fsp3) is 0.385. The molecule has 1 unspecified atom stereocenters. The van der Waals surface area contributed by atoms with E-state index in [9.17, 15) is 0 Å². The number of nitrogens with two attached hydrogens (primary N) is 1. The van der Waals surface area contributed by atoms with Gasteiger partial charge in [-0.2, -0.15) is 0 Å². The van der Waals surface area contributed by atoms with Crippen LogP contribution < -0.4 is 11.3 Å². The highest BCUT2D eigenvalue weighted by molar-refractivity contribution is 7.13. The third-order valence-electron chi connectivity index (χ3n) is 3.37. The van der Waals surface area contributed by atoms with E-state index < -0.39 is 0 Å². The quantitative estimate of drug-likeness (QED) is 0.666. The van der Waals surface area contributed by atoms with E-state index in [4.69, 9.17) is 17.4 Å². The van der Waals surface area contributed by atoms with E-state index in [1.165, 1.54) is 41.0 Å². The molecule has 3 rings (SSSR count). The monoisotopic (exact) mass is 298 g/mol. The first kappa shape index (κ1) is 12.6. The van der Waals surface area contributed by atoms with Crippen molar-refractivity contribution in [2.45, 2.75) is 31.7 Å². The summed E-state index contributed by atoms with van der Waals surface area (Å²) in [6, 6.07) is 4.27. The van der Waals surface area contributed by atoms with Gasteiger partial charge < -0.3 is 0 Å². The van der Waals surface area contributed by atoms with Crippen molar-refractivity contribution in [1.29, 1.82) is 0 Å². The number of hydrogen-bond acceptors (Lipinski definition) is 4. The molecule has 0 spiro atoms. The average Bonchev–Trinajstić information content (AvgIpc) is 2.97. The predicted octanol–water partition coefficient (Wildman–Crippen LogP) is 3.89. The van der Waals surface area contributed by atoms with Crippen molar-refractivity contribution in [2.24, 2.45) is 5.84 Å². The summed E-state index contributed by atoms with van der Waals surface area (Å²) < 4.78 is 0. The standard InChI is InChI=1S/C13H15ClN2S2/c14-9-5-6-17-13(9)12(16-15)11-7-8-3-1-2-4-10(8)18-11/h5-7,12,16H,1-4,15H2. The molecule has 2 aromatic rings. The second kappa shape index (κ2) is 5.31. The third kappa shape index (κ3) is 2.24. The summed E-state index contributed by atoms with van der Waals surface area (Å²) >= 11 is 9.75. The second-order valence-corrected chi connectivity index (χ2v) is 7.06. The van der Waals surface area contributed by atoms with Crippen LogP contribution in [0, 0.1) is 0 Å². The van der Waals surface area contributed by atoms with Gasteiger partial charge in [0.25, 0.3) is 0 Å². The van der Waals surface area contributed by atoms with Gasteiger partial charge in [-0.15, -0.1) is 22.7 Å². The minimum atomic E-state index is 0.0353. The van der Waals surface area contributed by atoms with Crippen LogP contribution in [0.1, 0.15) is 39.1 Å². The molecule has 18 heavy (non-hydrogen) atoms. The lowest BCUT2D eigenvalue weighted by atomic mass is 9.99. The first-order chi connectivity index (χ1) is 8.79. The Morgan fingerprint density at radius 1 is 1.33 bits per heavy atom. The molecular weight excluding hydrogens is 284 g/mol. The highest BCUT2D eigenvalue weighted by Crippen LogP contribution is 2.38. The molecular formula is C13H15ClN2S2. The molecule has 0 bridgehead atoms. The third-order valence-corrected chi connectivity index (χ3v) is 6.10. The highest BCUT2D eigenvalue weighted by Gasteiger charge is 2.22. The fourth-order valence-corrected chi connectivity index (χ4v) is 5.10. The SMILES string of the molecule is NNC(c1cc2c(s1)CCCC2)c1sccc1Cl. The van der Waals surface area contributed by atoms with E-state index in [0.29, 0.717) is 0 Å². The zero-order valence-electron chi connectivity index (χ0n) is 9.91. The number of hydrogen-bond donors (Lipinski definition) is 2. The van der Waals surface area contributed by atoms with Crippen LogP contribution in [0.15, 0.2) is 17.5 Å². The average molecular weight is 299 g/mol. The molecule has 1 atom stereocenters. The van der Waals surface area contributed by atoms with E-state index in [0.717, 1.165) is 9.90 Å². The first-order valence-electron chi connectivity index (χ1n) is 6.10. The lowest BCUT2D eigenvalue weighted by Crippen LogP contribution is -2.27. The second-order valence-electron chi connectivity index (χ2n) is 4.54. The highest BCUT2D eigenvalue weighted by atomic mass is 35.5. The molecule has 5 heteroatoms. The largest absolute Gasteiger partial charge is 0.271 e. The summed E-state index contributed by atoms with van der Waals surface area (Å²) in [5.41, 5.74) is 4.42. The number of rotatable bonds is 3. The van der Waals surface area contributed by atoms with Crippen molar-refractivity contribution in [3.63, 3.8) is 0 Å². The van der Waals surface area contributed by atoms with Gasteiger partial charge in [-0.25, -0.2) is 5.43 Å². The topological polar surface area (TPSA) is 38.0 Å². The maximum atomic E-state index is 6.21. The zero-order valence-corrected chi connectivity index (χ0v) is 12.3. The summed E-state index contributed by atoms with van der Waals surface area (Å²) in [5.74, 6) is 5.73. The summed E-state index contributed by atoms with van der Waals surface area (Å²) in [5, 5.41) is 2.81. The summed E-state index contributed by atoms with van der Waals surface area (Å²) in [7, 11) is 0. The number of thiophene rings is 2. The van der Waals surface area contributed by atoms with Gasteiger partial charge in [0.05, 0.1) is 11.1 Å². The van der Waals surface area contributed by atoms with Gasteiger partial charge in [0.1, 0.15) is 0 Å². The molecule has 0 amide bonds. The Morgan fingerprint density at radius 2 is 2.17 bits per heavy atom. The number of hydrazine groups is 1. The summed E-state index contributed by atoms with van der Waals surface area (Å²) in [6.07, 6.45) is 5.05. The van der Waals surface area contributed by atoms with Crippen LogP contribution in [-0.2, 0) is 12.8 Å². The van der Waals surface area contributed by atoms with E-state index >= 15 is 0 Å². The smallest absolute Gasteiger partial charge is 0.0909 e. The predicted molar refractivity (Wildman–Crippen MR) is 79.5 cm³/mol. The van der Waals surface area contributed by atoms with Crippen LogP contribution in [0.4, 0.5) is 0 Å². The maximum Gasteiger partial charge on any atom is 0.0909 e. The lowest BCUT2D eigenvalue weighted by molar-refractivity contribution is 0.655. The Morgan fingerprint density at radius 3 is 2.83 bits per heavy atom. The van der Waals surface area contributed by atoms with E-state index in [1.54, 1.807) is 11.3 Å². The van der Waals surface area contributed by atoms with Gasteiger partial charge >= 0.3 is 0 Å². The number of fused-ring (bicyclic) bond motifs is 1. The fourth-order valence-electron chi connectivity index (χ4n) is 2.45. The van der Waals surface area contributed by atoms with Crippen molar-refractivity contribution in [3.05, 3.63) is 42.7 Å². The molecule has 2 nitrogen and oxygen atoms in total. The Balaban J connectivity index is 1.97. The molecule has 2 aromatic heterocycles. The van der Waals surface area contributed by atoms with Gasteiger partial charge in [0.15, 0.2) is 0 Å². The molecule has 96 valence electrons. The van der Waals surface area contributed by atoms with E-state index in [-0.39, 0.29) is 6.04 Å². The van der Waals surface area contributed by atoms with Gasteiger partial charge in [-0.05, 0) is 48.8 Å². The van der Waals surface area contributed by atoms with Crippen LogP contribution in [-0.4, -0.2) is 0 Å². The zero-order chi connectivity index (χ0) is 12.5. The molecule has 1 aliphatic rings. The molecule has 0 saturated carbocycles. The van der Waals surface area contributed by atoms with Crippen LogP contribution in [0.25, 0.3) is 0 Å². The summed E-state index contributed by atoms with van der Waals surface area (Å²) in [6.45, 7) is 0. The minimum Gasteiger partial charge on any atom is -0.271 e. The Labute approximate surface area is 120 Å². The Bertz CT molecular complexity index is 523. The number of nitrogens with one attached hydrogen (secondary N) is 1. The van der Waals surface area contributed by atoms with Crippen LogP contribution in [0.2, 0.25) is 5.02 Å². The van der Waals surface area contributed by atoms with Gasteiger partial charge in [-0.1, -0.05) is 11.6 Å². The van der Waals surface area contributed by atoms with Crippen LogP contribution in [0.3, 0.4) is 0 Å². The normalized spacial score (nSPS) is 16.6. The van der Waals surface area contributed by atoms with Crippen molar-refractivity contribution >= 4 is 34.3 Å². The van der Waals surface area contributed by atoms with Crippen molar-refractivity contribution in [2.75, 3.05) is 0 Å².